The van der Waals surface area contributed by atoms with E-state index in [-0.39, 0.29) is 23.2 Å². The summed E-state index contributed by atoms with van der Waals surface area (Å²) in [7, 11) is 0. The second-order valence-corrected chi connectivity index (χ2v) is 9.23. The summed E-state index contributed by atoms with van der Waals surface area (Å²) < 4.78 is 1.21. The molecule has 2 amide bonds. The van der Waals surface area contributed by atoms with Crippen molar-refractivity contribution in [3.8, 4) is 5.69 Å². The number of nitro benzene ring substituents is 1. The number of hydrogen-bond acceptors (Lipinski definition) is 7. The summed E-state index contributed by atoms with van der Waals surface area (Å²) in [6.07, 6.45) is 0. The van der Waals surface area contributed by atoms with E-state index in [9.17, 15) is 24.5 Å². The number of nitro groups is 1. The molecule has 0 spiro atoms. The van der Waals surface area contributed by atoms with Gasteiger partial charge in [-0.3, -0.25) is 24.5 Å². The zero-order valence-electron chi connectivity index (χ0n) is 19.3. The highest BCUT2D eigenvalue weighted by atomic mass is 32.2. The van der Waals surface area contributed by atoms with Crippen molar-refractivity contribution >= 4 is 35.0 Å². The highest BCUT2D eigenvalue weighted by molar-refractivity contribution is 7.99. The van der Waals surface area contributed by atoms with Gasteiger partial charge in [0.2, 0.25) is 11.3 Å². The number of hydrogen-bond donors (Lipinski definition) is 1. The van der Waals surface area contributed by atoms with Crippen LogP contribution in [-0.4, -0.2) is 49.1 Å². The molecule has 0 bridgehead atoms. The topological polar surface area (TPSA) is 127 Å². The molecule has 35 heavy (non-hydrogen) atoms. The molecule has 10 nitrogen and oxygen atoms in total. The van der Waals surface area contributed by atoms with E-state index >= 15 is 0 Å². The molecule has 1 aromatic heterocycles. The second-order valence-electron chi connectivity index (χ2n) is 8.24. The maximum atomic E-state index is 13.4. The average Bonchev–Trinajstić information content (AvgIpc) is 3.31. The number of rotatable bonds is 5. The van der Waals surface area contributed by atoms with Crippen molar-refractivity contribution in [3.63, 3.8) is 0 Å². The number of carbonyl (C=O) groups is 2. The Morgan fingerprint density at radius 3 is 2.57 bits per heavy atom. The number of nitrogens with zero attached hydrogens (tertiary/aromatic N) is 4. The van der Waals surface area contributed by atoms with Gasteiger partial charge in [-0.25, -0.2) is 4.68 Å². The first-order valence-electron chi connectivity index (χ1n) is 10.8. The van der Waals surface area contributed by atoms with Crippen LogP contribution >= 0.6 is 11.8 Å². The number of aromatic nitrogens is 2. The van der Waals surface area contributed by atoms with Gasteiger partial charge in [-0.2, -0.15) is 5.10 Å². The van der Waals surface area contributed by atoms with Gasteiger partial charge in [0.25, 0.3) is 11.6 Å². The highest BCUT2D eigenvalue weighted by Gasteiger charge is 2.37. The molecule has 2 heterocycles. The summed E-state index contributed by atoms with van der Waals surface area (Å²) in [5, 5.41) is 18.5. The van der Waals surface area contributed by atoms with Gasteiger partial charge in [0, 0.05) is 29.3 Å². The summed E-state index contributed by atoms with van der Waals surface area (Å²) in [5.41, 5.74) is 1.96. The van der Waals surface area contributed by atoms with Crippen molar-refractivity contribution in [3.05, 3.63) is 91.4 Å². The van der Waals surface area contributed by atoms with Gasteiger partial charge in [0.1, 0.15) is 11.7 Å². The maximum absolute atomic E-state index is 13.4. The van der Waals surface area contributed by atoms with Gasteiger partial charge in [0.05, 0.1) is 10.8 Å². The third-order valence-corrected chi connectivity index (χ3v) is 6.85. The summed E-state index contributed by atoms with van der Waals surface area (Å²) in [5.74, 6) is -0.484. The lowest BCUT2D eigenvalue weighted by atomic mass is 10.1. The Kier molecular flexibility index (Phi) is 6.70. The number of aryl methyl sites for hydroxylation is 3. The van der Waals surface area contributed by atoms with Crippen molar-refractivity contribution in [2.75, 3.05) is 16.9 Å². The fraction of sp³-hybridized carbons (Fsp3) is 0.250. The molecule has 1 saturated heterocycles. The fourth-order valence-electron chi connectivity index (χ4n) is 3.78. The molecule has 1 atom stereocenters. The molecule has 0 saturated carbocycles. The van der Waals surface area contributed by atoms with E-state index in [0.29, 0.717) is 17.1 Å². The van der Waals surface area contributed by atoms with Gasteiger partial charge in [-0.05, 0) is 50.1 Å². The molecule has 3 aromatic rings. The smallest absolute Gasteiger partial charge is 0.294 e. The Balaban J connectivity index is 1.65. The first-order chi connectivity index (χ1) is 16.7. The van der Waals surface area contributed by atoms with Crippen LogP contribution in [0.4, 0.5) is 11.4 Å². The lowest BCUT2D eigenvalue weighted by Crippen LogP contribution is -2.46. The minimum absolute atomic E-state index is 0.129. The molecule has 0 aliphatic carbocycles. The van der Waals surface area contributed by atoms with Crippen LogP contribution in [0.15, 0.2) is 53.3 Å². The molecule has 0 radical (unpaired) electrons. The number of benzene rings is 2. The van der Waals surface area contributed by atoms with Gasteiger partial charge in [0.15, 0.2) is 5.69 Å². The van der Waals surface area contributed by atoms with Crippen molar-refractivity contribution < 1.29 is 14.5 Å². The quantitative estimate of drug-likeness (QED) is 0.427. The normalized spacial score (nSPS) is 15.2. The van der Waals surface area contributed by atoms with E-state index in [4.69, 9.17) is 0 Å². The largest absolute Gasteiger partial charge is 0.324 e. The Hall–Kier alpha value is -3.99. The molecular weight excluding hydrogens is 470 g/mol. The van der Waals surface area contributed by atoms with Crippen molar-refractivity contribution in [1.29, 1.82) is 0 Å². The van der Waals surface area contributed by atoms with E-state index in [0.717, 1.165) is 11.1 Å². The van der Waals surface area contributed by atoms with Crippen LogP contribution in [0.3, 0.4) is 0 Å². The van der Waals surface area contributed by atoms with E-state index < -0.39 is 28.0 Å². The van der Waals surface area contributed by atoms with Crippen LogP contribution in [0, 0.1) is 30.9 Å². The number of nitrogens with one attached hydrogen (secondary N) is 1. The zero-order chi connectivity index (χ0) is 25.3. The van der Waals surface area contributed by atoms with Crippen LogP contribution in [0.1, 0.15) is 27.3 Å². The predicted molar refractivity (Wildman–Crippen MR) is 133 cm³/mol. The van der Waals surface area contributed by atoms with Crippen LogP contribution in [-0.2, 0) is 4.79 Å². The lowest BCUT2D eigenvalue weighted by Gasteiger charge is -2.23. The van der Waals surface area contributed by atoms with Crippen LogP contribution in [0.25, 0.3) is 5.69 Å². The monoisotopic (exact) mass is 493 g/mol. The highest BCUT2D eigenvalue weighted by Crippen LogP contribution is 2.25. The lowest BCUT2D eigenvalue weighted by molar-refractivity contribution is -0.384. The van der Waals surface area contributed by atoms with E-state index in [1.165, 1.54) is 45.6 Å². The zero-order valence-corrected chi connectivity index (χ0v) is 20.2. The van der Waals surface area contributed by atoms with Crippen LogP contribution in [0.2, 0.25) is 0 Å². The number of para-hydroxylation sites is 2. The predicted octanol–water partition coefficient (Wildman–Crippen LogP) is 3.22. The summed E-state index contributed by atoms with van der Waals surface area (Å²) in [6, 6.07) is 11.9. The number of amides is 2. The fourth-order valence-corrected chi connectivity index (χ4v) is 4.93. The average molecular weight is 494 g/mol. The molecule has 2 aromatic carbocycles. The second kappa shape index (κ2) is 9.71. The van der Waals surface area contributed by atoms with Gasteiger partial charge < -0.3 is 10.2 Å². The summed E-state index contributed by atoms with van der Waals surface area (Å²) >= 11 is 1.39. The third-order valence-electron chi connectivity index (χ3n) is 5.84. The molecule has 1 N–H and O–H groups in total. The van der Waals surface area contributed by atoms with Crippen molar-refractivity contribution in [1.82, 2.24) is 14.7 Å². The standard InChI is InChI=1S/C24H23N5O5S/c1-14-8-9-17(10-15(14)2)25-23(31)20-12-35-13-27(20)24(32)22-21(30)11-16(3)28(26-22)18-6-4-5-7-19(18)29(33)34/h4-11,20H,12-13H2,1-3H3,(H,25,31). The molecule has 11 heteroatoms. The van der Waals surface area contributed by atoms with E-state index in [1.807, 2.05) is 26.0 Å². The minimum atomic E-state index is -0.795. The first-order valence-corrected chi connectivity index (χ1v) is 11.9. The van der Waals surface area contributed by atoms with E-state index in [2.05, 4.69) is 10.4 Å². The Labute approximate surface area is 205 Å². The Morgan fingerprint density at radius 1 is 1.11 bits per heavy atom. The number of thioether (sulfide) groups is 1. The Bertz CT molecular complexity index is 1400. The van der Waals surface area contributed by atoms with Gasteiger partial charge >= 0.3 is 0 Å². The Morgan fingerprint density at radius 2 is 1.86 bits per heavy atom. The molecule has 1 aliphatic rings. The summed E-state index contributed by atoms with van der Waals surface area (Å²) in [6.45, 7) is 5.49. The van der Waals surface area contributed by atoms with Crippen molar-refractivity contribution in [2.24, 2.45) is 0 Å². The molecule has 180 valence electrons. The molecule has 1 unspecified atom stereocenters. The van der Waals surface area contributed by atoms with Crippen molar-refractivity contribution in [2.45, 2.75) is 26.8 Å². The van der Waals surface area contributed by atoms with E-state index in [1.54, 1.807) is 19.1 Å². The molecule has 4 rings (SSSR count). The summed E-state index contributed by atoms with van der Waals surface area (Å²) in [4.78, 5) is 51.3. The minimum Gasteiger partial charge on any atom is -0.324 e. The SMILES string of the molecule is Cc1ccc(NC(=O)C2CSCN2C(=O)c2nn(-c3ccccc3[N+](=O)[O-])c(C)cc2=O)cc1C. The first kappa shape index (κ1) is 24.1. The molecule has 1 fully saturated rings. The molecular formula is C24H23N5O5S. The van der Waals surface area contributed by atoms with Gasteiger partial charge in [-0.1, -0.05) is 18.2 Å². The third kappa shape index (κ3) is 4.80. The molecule has 1 aliphatic heterocycles. The van der Waals surface area contributed by atoms with Crippen LogP contribution < -0.4 is 10.7 Å². The van der Waals surface area contributed by atoms with Crippen LogP contribution in [0.5, 0.6) is 0 Å². The number of anilines is 1. The number of carbonyl (C=O) groups excluding carboxylic acids is 2. The maximum Gasteiger partial charge on any atom is 0.294 e. The van der Waals surface area contributed by atoms with Gasteiger partial charge in [-0.15, -0.1) is 11.8 Å².